The third-order valence-electron chi connectivity index (χ3n) is 5.01. The second kappa shape index (κ2) is 9.39. The lowest BCUT2D eigenvalue weighted by Crippen LogP contribution is -2.27. The van der Waals surface area contributed by atoms with Crippen LogP contribution in [-0.4, -0.2) is 15.5 Å². The molecule has 7 heteroatoms. The quantitative estimate of drug-likeness (QED) is 0.405. The van der Waals surface area contributed by atoms with Crippen molar-refractivity contribution in [3.63, 3.8) is 0 Å². The summed E-state index contributed by atoms with van der Waals surface area (Å²) in [5.74, 6) is -0.548. The number of hydrogen-bond acceptors (Lipinski definition) is 3. The summed E-state index contributed by atoms with van der Waals surface area (Å²) >= 11 is 12.5. The van der Waals surface area contributed by atoms with Crippen LogP contribution in [0.5, 0.6) is 0 Å². The van der Waals surface area contributed by atoms with E-state index < -0.39 is 5.91 Å². The van der Waals surface area contributed by atoms with Gasteiger partial charge in [-0.3, -0.25) is 14.6 Å². The van der Waals surface area contributed by atoms with Gasteiger partial charge in [0.2, 0.25) is 0 Å². The molecule has 4 aromatic rings. The summed E-state index contributed by atoms with van der Waals surface area (Å²) in [6.45, 7) is 2.20. The van der Waals surface area contributed by atoms with Crippen LogP contribution < -0.4 is 10.7 Å². The molecular weight excluding hydrogens is 445 g/mol. The van der Waals surface area contributed by atoms with Crippen molar-refractivity contribution in [2.75, 3.05) is 5.32 Å². The molecule has 0 saturated heterocycles. The number of nitrogens with zero attached hydrogens (tertiary/aromatic N) is 2. The molecule has 1 amide bonds. The number of carbonyl (C=O) groups excluding carboxylic acids is 1. The predicted molar refractivity (Wildman–Crippen MR) is 129 cm³/mol. The lowest BCUT2D eigenvalue weighted by atomic mass is 10.0. The van der Waals surface area contributed by atoms with Gasteiger partial charge in [0.15, 0.2) is 5.43 Å². The number of halogens is 2. The van der Waals surface area contributed by atoms with Gasteiger partial charge < -0.3 is 9.88 Å². The molecule has 4 rings (SSSR count). The molecule has 1 N–H and O–H groups in total. The number of nitrogens with one attached hydrogen (secondary N) is 1. The Balaban J connectivity index is 1.92. The van der Waals surface area contributed by atoms with Crippen LogP contribution in [0.15, 0.2) is 83.8 Å². The van der Waals surface area contributed by atoms with Crippen LogP contribution in [0.1, 0.15) is 21.7 Å². The van der Waals surface area contributed by atoms with E-state index in [0.29, 0.717) is 39.2 Å². The van der Waals surface area contributed by atoms with Crippen molar-refractivity contribution < 1.29 is 4.79 Å². The number of hydrogen-bond donors (Lipinski definition) is 1. The van der Waals surface area contributed by atoms with Gasteiger partial charge in [-0.1, -0.05) is 53.5 Å². The molecule has 0 spiro atoms. The molecule has 0 atom stereocenters. The standard InChI is InChI=1S/C25H19Cl2N3O2/c1-16-13-22(31)23(25(32)29-21-11-3-2-10-20(21)27)24(17-7-6-8-18(26)14-17)30(16)15-19-9-4-5-12-28-19/h2-14H,15H2,1H3,(H,29,32). The van der Waals surface area contributed by atoms with Gasteiger partial charge in [-0.2, -0.15) is 0 Å². The Kier molecular flexibility index (Phi) is 6.40. The van der Waals surface area contributed by atoms with Gasteiger partial charge in [0.25, 0.3) is 5.91 Å². The van der Waals surface area contributed by atoms with Crippen molar-refractivity contribution in [2.24, 2.45) is 0 Å². The van der Waals surface area contributed by atoms with E-state index in [1.807, 2.05) is 35.8 Å². The summed E-state index contributed by atoms with van der Waals surface area (Å²) < 4.78 is 1.90. The highest BCUT2D eigenvalue weighted by molar-refractivity contribution is 6.34. The van der Waals surface area contributed by atoms with E-state index in [1.54, 1.807) is 48.7 Å². The third-order valence-corrected chi connectivity index (χ3v) is 5.58. The van der Waals surface area contributed by atoms with Gasteiger partial charge in [0, 0.05) is 28.5 Å². The minimum Gasteiger partial charge on any atom is -0.338 e. The van der Waals surface area contributed by atoms with E-state index in [2.05, 4.69) is 10.3 Å². The highest BCUT2D eigenvalue weighted by Crippen LogP contribution is 2.28. The summed E-state index contributed by atoms with van der Waals surface area (Å²) in [5, 5.41) is 3.65. The first kappa shape index (κ1) is 21.8. The fourth-order valence-corrected chi connectivity index (χ4v) is 3.90. The van der Waals surface area contributed by atoms with E-state index in [1.165, 1.54) is 6.07 Å². The molecule has 0 unspecified atom stereocenters. The minimum atomic E-state index is -0.548. The van der Waals surface area contributed by atoms with Crippen molar-refractivity contribution in [3.8, 4) is 11.3 Å². The van der Waals surface area contributed by atoms with Crippen LogP contribution in [-0.2, 0) is 6.54 Å². The molecule has 0 bridgehead atoms. The van der Waals surface area contributed by atoms with E-state index in [4.69, 9.17) is 23.2 Å². The Labute approximate surface area is 195 Å². The fourth-order valence-electron chi connectivity index (χ4n) is 3.53. The van der Waals surface area contributed by atoms with Crippen LogP contribution >= 0.6 is 23.2 Å². The summed E-state index contributed by atoms with van der Waals surface area (Å²) in [7, 11) is 0. The Morgan fingerprint density at radius 1 is 1.00 bits per heavy atom. The van der Waals surface area contributed by atoms with Crippen LogP contribution in [0.4, 0.5) is 5.69 Å². The Morgan fingerprint density at radius 2 is 1.78 bits per heavy atom. The number of pyridine rings is 2. The molecule has 0 radical (unpaired) electrons. The minimum absolute atomic E-state index is 0.00807. The lowest BCUT2D eigenvalue weighted by Gasteiger charge is -2.20. The van der Waals surface area contributed by atoms with Crippen LogP contribution in [0.3, 0.4) is 0 Å². The van der Waals surface area contributed by atoms with Crippen molar-refractivity contribution in [2.45, 2.75) is 13.5 Å². The van der Waals surface area contributed by atoms with Crippen LogP contribution in [0, 0.1) is 6.92 Å². The second-order valence-electron chi connectivity index (χ2n) is 7.23. The van der Waals surface area contributed by atoms with Crippen molar-refractivity contribution in [3.05, 3.63) is 116 Å². The molecule has 0 aliphatic carbocycles. The number of amides is 1. The predicted octanol–water partition coefficient (Wildman–Crippen LogP) is 5.83. The Bertz CT molecular complexity index is 1350. The molecule has 2 aromatic carbocycles. The summed E-state index contributed by atoms with van der Waals surface area (Å²) in [6.07, 6.45) is 1.71. The van der Waals surface area contributed by atoms with Gasteiger partial charge in [0.05, 0.1) is 28.6 Å². The Morgan fingerprint density at radius 3 is 2.50 bits per heavy atom. The number of anilines is 1. The average Bonchev–Trinajstić information content (AvgIpc) is 2.77. The molecule has 0 fully saturated rings. The highest BCUT2D eigenvalue weighted by atomic mass is 35.5. The third kappa shape index (κ3) is 4.59. The molecule has 0 saturated carbocycles. The van der Waals surface area contributed by atoms with Crippen molar-refractivity contribution in [1.29, 1.82) is 0 Å². The molecule has 0 aliphatic heterocycles. The van der Waals surface area contributed by atoms with Gasteiger partial charge >= 0.3 is 0 Å². The molecule has 0 aliphatic rings. The summed E-state index contributed by atoms with van der Waals surface area (Å²) in [4.78, 5) is 30.8. The monoisotopic (exact) mass is 463 g/mol. The first-order chi connectivity index (χ1) is 15.4. The normalized spacial score (nSPS) is 10.7. The topological polar surface area (TPSA) is 64.0 Å². The van der Waals surface area contributed by atoms with Gasteiger partial charge in [-0.25, -0.2) is 0 Å². The zero-order chi connectivity index (χ0) is 22.7. The zero-order valence-corrected chi connectivity index (χ0v) is 18.7. The zero-order valence-electron chi connectivity index (χ0n) is 17.2. The van der Waals surface area contributed by atoms with Crippen LogP contribution in [0.2, 0.25) is 10.0 Å². The van der Waals surface area contributed by atoms with Gasteiger partial charge in [-0.15, -0.1) is 0 Å². The SMILES string of the molecule is Cc1cc(=O)c(C(=O)Nc2ccccc2Cl)c(-c2cccc(Cl)c2)n1Cc1ccccn1. The average molecular weight is 464 g/mol. The van der Waals surface area contributed by atoms with Crippen LogP contribution in [0.25, 0.3) is 11.3 Å². The van der Waals surface area contributed by atoms with E-state index >= 15 is 0 Å². The fraction of sp³-hybridized carbons (Fsp3) is 0.0800. The molecular formula is C25H19Cl2N3O2. The second-order valence-corrected chi connectivity index (χ2v) is 8.07. The molecule has 160 valence electrons. The molecule has 5 nitrogen and oxygen atoms in total. The maximum Gasteiger partial charge on any atom is 0.261 e. The number of aryl methyl sites for hydroxylation is 1. The molecule has 2 heterocycles. The first-order valence-corrected chi connectivity index (χ1v) is 10.7. The first-order valence-electron chi connectivity index (χ1n) is 9.90. The maximum atomic E-state index is 13.4. The number of carbonyl (C=O) groups is 1. The summed E-state index contributed by atoms with van der Waals surface area (Å²) in [6, 6.07) is 21.0. The number of rotatable bonds is 5. The highest BCUT2D eigenvalue weighted by Gasteiger charge is 2.23. The van der Waals surface area contributed by atoms with E-state index in [9.17, 15) is 9.59 Å². The van der Waals surface area contributed by atoms with Gasteiger partial charge in [-0.05, 0) is 43.3 Å². The lowest BCUT2D eigenvalue weighted by molar-refractivity contribution is 0.102. The van der Waals surface area contributed by atoms with E-state index in [0.717, 1.165) is 5.69 Å². The number of aromatic nitrogens is 2. The number of benzene rings is 2. The maximum absolute atomic E-state index is 13.4. The van der Waals surface area contributed by atoms with Gasteiger partial charge in [0.1, 0.15) is 5.56 Å². The summed E-state index contributed by atoms with van der Waals surface area (Å²) in [5.41, 5.74) is 2.65. The molecule has 32 heavy (non-hydrogen) atoms. The molecule has 2 aromatic heterocycles. The van der Waals surface area contributed by atoms with Crippen molar-refractivity contribution >= 4 is 34.8 Å². The smallest absolute Gasteiger partial charge is 0.261 e. The Hall–Kier alpha value is -3.41. The number of para-hydroxylation sites is 1. The van der Waals surface area contributed by atoms with Crippen molar-refractivity contribution in [1.82, 2.24) is 9.55 Å². The van der Waals surface area contributed by atoms with E-state index in [-0.39, 0.29) is 11.0 Å². The largest absolute Gasteiger partial charge is 0.338 e.